The minimum Gasteiger partial charge on any atom is -0.118 e. The van der Waals surface area contributed by atoms with Gasteiger partial charge in [-0.1, -0.05) is 39.8 Å². The van der Waals surface area contributed by atoms with Gasteiger partial charge in [0.2, 0.25) is 0 Å². The Bertz CT molecular complexity index is 103. The van der Waals surface area contributed by atoms with Crippen LogP contribution in [0, 0.1) is 11.8 Å². The average molecular weight is 161 g/mol. The molecule has 0 aromatic rings. The zero-order valence-corrected chi connectivity index (χ0v) is 8.02. The first-order valence-corrected chi connectivity index (χ1v) is 4.30. The van der Waals surface area contributed by atoms with Gasteiger partial charge in [0.1, 0.15) is 0 Å². The Labute approximate surface area is 69.3 Å². The fraction of sp³-hybridized carbons (Fsp3) is 0.778. The molecule has 0 aliphatic carbocycles. The number of hydrogen-bond acceptors (Lipinski definition) is 0. The molecule has 0 heterocycles. The molecule has 0 nitrogen and oxygen atoms in total. The Morgan fingerprint density at radius 2 is 1.50 bits per heavy atom. The maximum atomic E-state index is 5.97. The normalized spacial score (nSPS) is 15.5. The molecule has 1 unspecified atom stereocenters. The molecule has 0 bridgehead atoms. The molecule has 0 spiro atoms. The highest BCUT2D eigenvalue weighted by molar-refractivity contribution is 6.21. The van der Waals surface area contributed by atoms with E-state index in [9.17, 15) is 0 Å². The van der Waals surface area contributed by atoms with Gasteiger partial charge in [0, 0.05) is 0 Å². The molecule has 0 saturated carbocycles. The molecule has 10 heavy (non-hydrogen) atoms. The highest BCUT2D eigenvalue weighted by Gasteiger charge is 2.03. The largest absolute Gasteiger partial charge is 0.118 e. The summed E-state index contributed by atoms with van der Waals surface area (Å²) in [7, 11) is 0. The number of allylic oxidation sites excluding steroid dienone is 2. The Balaban J connectivity index is 3.66. The lowest BCUT2D eigenvalue weighted by Gasteiger charge is -2.07. The van der Waals surface area contributed by atoms with Gasteiger partial charge in [0.25, 0.3) is 0 Å². The molecule has 0 aliphatic rings. The van der Waals surface area contributed by atoms with Crippen LogP contribution in [0.2, 0.25) is 0 Å². The zero-order chi connectivity index (χ0) is 8.15. The van der Waals surface area contributed by atoms with Crippen LogP contribution in [0.15, 0.2) is 12.2 Å². The lowest BCUT2D eigenvalue weighted by Crippen LogP contribution is -2.03. The van der Waals surface area contributed by atoms with E-state index < -0.39 is 0 Å². The second kappa shape index (κ2) is 4.79. The van der Waals surface area contributed by atoms with Crippen molar-refractivity contribution in [1.82, 2.24) is 0 Å². The first-order valence-electron chi connectivity index (χ1n) is 3.86. The maximum absolute atomic E-state index is 5.97. The number of hydrogen-bond donors (Lipinski definition) is 0. The fourth-order valence-corrected chi connectivity index (χ4v) is 0.635. The van der Waals surface area contributed by atoms with E-state index in [0.29, 0.717) is 11.8 Å². The Morgan fingerprint density at radius 3 is 1.80 bits per heavy atom. The number of halogens is 1. The van der Waals surface area contributed by atoms with E-state index in [4.69, 9.17) is 11.6 Å². The quantitative estimate of drug-likeness (QED) is 0.438. The van der Waals surface area contributed by atoms with Gasteiger partial charge in [0.15, 0.2) is 0 Å². The standard InChI is InChI=1S/C9H17Cl/c1-7(2)5-6-9(10)8(3)4/h5-9H,1-4H3/b6-5+. The maximum Gasteiger partial charge on any atom is 0.0539 e. The SMILES string of the molecule is CC(C)/C=C/C(Cl)C(C)C. The van der Waals surface area contributed by atoms with Crippen LogP contribution in [-0.4, -0.2) is 5.38 Å². The van der Waals surface area contributed by atoms with Gasteiger partial charge in [-0.3, -0.25) is 0 Å². The third kappa shape index (κ3) is 4.87. The summed E-state index contributed by atoms with van der Waals surface area (Å²) in [6.07, 6.45) is 4.23. The monoisotopic (exact) mass is 160 g/mol. The fourth-order valence-electron chi connectivity index (χ4n) is 0.551. The summed E-state index contributed by atoms with van der Waals surface area (Å²) in [4.78, 5) is 0. The second-order valence-electron chi connectivity index (χ2n) is 3.32. The van der Waals surface area contributed by atoms with Crippen LogP contribution in [0.3, 0.4) is 0 Å². The molecular weight excluding hydrogens is 144 g/mol. The minimum atomic E-state index is 0.197. The minimum absolute atomic E-state index is 0.197. The summed E-state index contributed by atoms with van der Waals surface area (Å²) in [5, 5.41) is 0.197. The van der Waals surface area contributed by atoms with Gasteiger partial charge in [-0.2, -0.15) is 0 Å². The van der Waals surface area contributed by atoms with E-state index in [1.54, 1.807) is 0 Å². The molecule has 60 valence electrons. The lowest BCUT2D eigenvalue weighted by atomic mass is 10.1. The number of alkyl halides is 1. The van der Waals surface area contributed by atoms with Crippen LogP contribution in [0.25, 0.3) is 0 Å². The van der Waals surface area contributed by atoms with E-state index in [-0.39, 0.29) is 5.38 Å². The van der Waals surface area contributed by atoms with Crippen LogP contribution in [0.5, 0.6) is 0 Å². The van der Waals surface area contributed by atoms with Crippen LogP contribution in [0.1, 0.15) is 27.7 Å². The van der Waals surface area contributed by atoms with Crippen molar-refractivity contribution in [3.8, 4) is 0 Å². The van der Waals surface area contributed by atoms with Crippen LogP contribution in [0.4, 0.5) is 0 Å². The van der Waals surface area contributed by atoms with Crippen LogP contribution in [-0.2, 0) is 0 Å². The molecule has 0 saturated heterocycles. The van der Waals surface area contributed by atoms with Crippen molar-refractivity contribution in [2.24, 2.45) is 11.8 Å². The molecular formula is C9H17Cl. The summed E-state index contributed by atoms with van der Waals surface area (Å²) >= 11 is 5.97. The van der Waals surface area contributed by atoms with Crippen molar-refractivity contribution in [1.29, 1.82) is 0 Å². The van der Waals surface area contributed by atoms with Gasteiger partial charge in [-0.25, -0.2) is 0 Å². The summed E-state index contributed by atoms with van der Waals surface area (Å²) < 4.78 is 0. The molecule has 0 N–H and O–H groups in total. The smallest absolute Gasteiger partial charge is 0.0539 e. The molecule has 0 radical (unpaired) electrons. The molecule has 0 rings (SSSR count). The van der Waals surface area contributed by atoms with E-state index >= 15 is 0 Å². The highest BCUT2D eigenvalue weighted by atomic mass is 35.5. The zero-order valence-electron chi connectivity index (χ0n) is 7.26. The van der Waals surface area contributed by atoms with E-state index in [2.05, 4.69) is 39.8 Å². The summed E-state index contributed by atoms with van der Waals surface area (Å²) in [5.41, 5.74) is 0. The van der Waals surface area contributed by atoms with E-state index in [1.165, 1.54) is 0 Å². The highest BCUT2D eigenvalue weighted by Crippen LogP contribution is 2.11. The van der Waals surface area contributed by atoms with Crippen molar-refractivity contribution in [2.45, 2.75) is 33.1 Å². The lowest BCUT2D eigenvalue weighted by molar-refractivity contribution is 0.666. The van der Waals surface area contributed by atoms with Crippen molar-refractivity contribution in [2.75, 3.05) is 0 Å². The third-order valence-electron chi connectivity index (χ3n) is 1.32. The van der Waals surface area contributed by atoms with Gasteiger partial charge < -0.3 is 0 Å². The first kappa shape index (κ1) is 10.0. The van der Waals surface area contributed by atoms with Crippen molar-refractivity contribution < 1.29 is 0 Å². The molecule has 0 fully saturated rings. The van der Waals surface area contributed by atoms with Crippen LogP contribution < -0.4 is 0 Å². The van der Waals surface area contributed by atoms with Crippen molar-refractivity contribution >= 4 is 11.6 Å². The van der Waals surface area contributed by atoms with Gasteiger partial charge in [0.05, 0.1) is 5.38 Å². The predicted molar refractivity (Wildman–Crippen MR) is 48.5 cm³/mol. The second-order valence-corrected chi connectivity index (χ2v) is 3.82. The topological polar surface area (TPSA) is 0 Å². The van der Waals surface area contributed by atoms with Gasteiger partial charge in [-0.15, -0.1) is 11.6 Å². The molecule has 1 atom stereocenters. The van der Waals surface area contributed by atoms with Crippen molar-refractivity contribution in [3.05, 3.63) is 12.2 Å². The Kier molecular flexibility index (Phi) is 4.80. The third-order valence-corrected chi connectivity index (χ3v) is 1.97. The van der Waals surface area contributed by atoms with Crippen molar-refractivity contribution in [3.63, 3.8) is 0 Å². The van der Waals surface area contributed by atoms with E-state index in [1.807, 2.05) is 0 Å². The molecule has 0 amide bonds. The molecule has 0 aromatic carbocycles. The van der Waals surface area contributed by atoms with Crippen LogP contribution >= 0.6 is 11.6 Å². The summed E-state index contributed by atoms with van der Waals surface area (Å²) in [6, 6.07) is 0. The summed E-state index contributed by atoms with van der Waals surface area (Å²) in [6.45, 7) is 8.56. The summed E-state index contributed by atoms with van der Waals surface area (Å²) in [5.74, 6) is 1.15. The Morgan fingerprint density at radius 1 is 1.00 bits per heavy atom. The number of rotatable bonds is 3. The first-order chi connectivity index (χ1) is 4.54. The molecule has 0 aromatic heterocycles. The van der Waals surface area contributed by atoms with E-state index in [0.717, 1.165) is 0 Å². The predicted octanol–water partition coefficient (Wildman–Crippen LogP) is 3.46. The van der Waals surface area contributed by atoms with Gasteiger partial charge in [-0.05, 0) is 11.8 Å². The Hall–Kier alpha value is 0.0300. The average Bonchev–Trinajstić information content (AvgIpc) is 1.82. The molecule has 0 aliphatic heterocycles. The molecule has 1 heteroatoms. The van der Waals surface area contributed by atoms with Gasteiger partial charge >= 0.3 is 0 Å².